The van der Waals surface area contributed by atoms with E-state index in [-0.39, 0.29) is 33.7 Å². The molecule has 1 aromatic heterocycles. The number of nitriles is 1. The van der Waals surface area contributed by atoms with Crippen molar-refractivity contribution in [3.8, 4) is 6.07 Å². The third kappa shape index (κ3) is 6.89. The number of hydrogen-bond acceptors (Lipinski definition) is 9. The molecule has 2 rings (SSSR count). The number of aromatic nitrogens is 2. The second-order valence-electron chi connectivity index (χ2n) is 7.57. The molecule has 0 aliphatic rings. The second-order valence-corrected chi connectivity index (χ2v) is 8.36. The SMILES string of the molecule is CCN(CC)CCNc1cc(N(c2nc(N)nc(SC)c2C#N)[C@@H](C)C(N)=O)cc(C(F)(F)F)c1. The van der Waals surface area contributed by atoms with Crippen LogP contribution in [0.5, 0.6) is 0 Å². The number of halogens is 3. The van der Waals surface area contributed by atoms with Crippen molar-refractivity contribution >= 4 is 40.8 Å². The summed E-state index contributed by atoms with van der Waals surface area (Å²) in [5, 5.41) is 13.0. The van der Waals surface area contributed by atoms with Gasteiger partial charge in [0.05, 0.1) is 5.56 Å². The normalized spacial score (nSPS) is 12.3. The van der Waals surface area contributed by atoms with E-state index in [4.69, 9.17) is 11.5 Å². The van der Waals surface area contributed by atoms with Gasteiger partial charge in [-0.2, -0.15) is 23.4 Å². The number of likely N-dealkylation sites (N-methyl/N-ethyl adjacent to an activating group) is 1. The number of nitrogens with one attached hydrogen (secondary N) is 1. The molecule has 0 fully saturated rings. The van der Waals surface area contributed by atoms with Crippen LogP contribution >= 0.6 is 11.8 Å². The van der Waals surface area contributed by atoms with E-state index in [2.05, 4.69) is 20.2 Å². The minimum absolute atomic E-state index is 0.0295. The Labute approximate surface area is 206 Å². The first-order valence-corrected chi connectivity index (χ1v) is 12.1. The number of nitrogens with zero attached hydrogens (tertiary/aromatic N) is 5. The highest BCUT2D eigenvalue weighted by atomic mass is 32.2. The number of anilines is 4. The Morgan fingerprint density at radius 1 is 1.26 bits per heavy atom. The highest BCUT2D eigenvalue weighted by molar-refractivity contribution is 7.98. The van der Waals surface area contributed by atoms with Gasteiger partial charge in [-0.05, 0) is 44.5 Å². The molecule has 2 aromatic rings. The summed E-state index contributed by atoms with van der Waals surface area (Å²) in [6, 6.07) is 4.14. The average molecular weight is 511 g/mol. The van der Waals surface area contributed by atoms with Gasteiger partial charge in [0.1, 0.15) is 22.7 Å². The molecule has 5 N–H and O–H groups in total. The fourth-order valence-corrected chi connectivity index (χ4v) is 3.96. The van der Waals surface area contributed by atoms with Crippen LogP contribution in [0.3, 0.4) is 0 Å². The maximum Gasteiger partial charge on any atom is 0.416 e. The molecule has 0 spiro atoms. The van der Waals surface area contributed by atoms with Crippen LogP contribution in [0.25, 0.3) is 0 Å². The molecule has 0 unspecified atom stereocenters. The zero-order valence-corrected chi connectivity index (χ0v) is 20.8. The molecule has 0 saturated heterocycles. The van der Waals surface area contributed by atoms with Crippen LogP contribution in [0, 0.1) is 11.3 Å². The number of primary amides is 1. The highest BCUT2D eigenvalue weighted by Crippen LogP contribution is 2.39. The lowest BCUT2D eigenvalue weighted by Crippen LogP contribution is -2.41. The van der Waals surface area contributed by atoms with Gasteiger partial charge in [0.25, 0.3) is 0 Å². The topological polar surface area (TPSA) is 137 Å². The van der Waals surface area contributed by atoms with E-state index in [1.807, 2.05) is 19.9 Å². The van der Waals surface area contributed by atoms with Crippen molar-refractivity contribution in [3.63, 3.8) is 0 Å². The maximum atomic E-state index is 13.8. The zero-order chi connectivity index (χ0) is 26.3. The molecule has 9 nitrogen and oxygen atoms in total. The minimum atomic E-state index is -4.67. The van der Waals surface area contributed by atoms with Crippen LogP contribution in [0.2, 0.25) is 0 Å². The molecule has 0 bridgehead atoms. The van der Waals surface area contributed by atoms with Crippen LogP contribution < -0.4 is 21.7 Å². The number of carbonyl (C=O) groups excluding carboxylic acids is 1. The van der Waals surface area contributed by atoms with Crippen LogP contribution in [0.1, 0.15) is 31.9 Å². The van der Waals surface area contributed by atoms with Gasteiger partial charge >= 0.3 is 6.18 Å². The molecular formula is C22H29F3N8OS. The standard InChI is InChI=1S/C22H29F3N8OS/c1-5-32(6-2)8-7-29-15-9-14(22(23,24)25)10-16(11-15)33(13(3)18(27)34)19-17(12-26)20(35-4)31-21(28)30-19/h9-11,13,29H,5-8H2,1-4H3,(H2,27,34)(H2,28,30,31)/t13-/m0/s1. The number of hydrogen-bond donors (Lipinski definition) is 3. The molecule has 1 atom stereocenters. The molecule has 1 heterocycles. The lowest BCUT2D eigenvalue weighted by atomic mass is 10.1. The van der Waals surface area contributed by atoms with Crippen molar-refractivity contribution in [3.05, 3.63) is 29.3 Å². The number of alkyl halides is 3. The number of rotatable bonds is 11. The summed E-state index contributed by atoms with van der Waals surface area (Å²) in [5.74, 6) is -1.14. The molecular weight excluding hydrogens is 481 g/mol. The monoisotopic (exact) mass is 510 g/mol. The quantitative estimate of drug-likeness (QED) is 0.307. The summed E-state index contributed by atoms with van der Waals surface area (Å²) in [7, 11) is 0. The van der Waals surface area contributed by atoms with E-state index in [1.54, 1.807) is 6.26 Å². The number of amides is 1. The van der Waals surface area contributed by atoms with Crippen molar-refractivity contribution < 1.29 is 18.0 Å². The van der Waals surface area contributed by atoms with Crippen molar-refractivity contribution in [2.45, 2.75) is 38.0 Å². The second kappa shape index (κ2) is 11.9. The van der Waals surface area contributed by atoms with Gasteiger partial charge in [-0.15, -0.1) is 11.8 Å². The summed E-state index contributed by atoms with van der Waals surface area (Å²) in [4.78, 5) is 23.6. The molecule has 0 saturated carbocycles. The summed E-state index contributed by atoms with van der Waals surface area (Å²) in [6.45, 7) is 8.04. The third-order valence-corrected chi connectivity index (χ3v) is 6.06. The lowest BCUT2D eigenvalue weighted by molar-refractivity contribution is -0.137. The smallest absolute Gasteiger partial charge is 0.384 e. The van der Waals surface area contributed by atoms with E-state index < -0.39 is 23.7 Å². The van der Waals surface area contributed by atoms with Crippen LogP contribution in [0.4, 0.5) is 36.3 Å². The van der Waals surface area contributed by atoms with Crippen LogP contribution in [-0.2, 0) is 11.0 Å². The molecule has 0 radical (unpaired) electrons. The summed E-state index contributed by atoms with van der Waals surface area (Å²) in [5.41, 5.74) is 10.5. The van der Waals surface area contributed by atoms with Crippen molar-refractivity contribution in [2.24, 2.45) is 5.73 Å². The summed E-state index contributed by atoms with van der Waals surface area (Å²) < 4.78 is 41.4. The first kappa shape index (κ1) is 28.0. The van der Waals surface area contributed by atoms with Gasteiger partial charge in [-0.25, -0.2) is 4.98 Å². The third-order valence-electron chi connectivity index (χ3n) is 5.38. The molecule has 35 heavy (non-hydrogen) atoms. The first-order valence-electron chi connectivity index (χ1n) is 10.8. The van der Waals surface area contributed by atoms with Gasteiger partial charge < -0.3 is 26.6 Å². The molecule has 0 aliphatic carbocycles. The van der Waals surface area contributed by atoms with E-state index in [0.717, 1.165) is 37.0 Å². The molecule has 0 aliphatic heterocycles. The minimum Gasteiger partial charge on any atom is -0.384 e. The van der Waals surface area contributed by atoms with Crippen molar-refractivity contribution in [2.75, 3.05) is 48.4 Å². The highest BCUT2D eigenvalue weighted by Gasteiger charge is 2.34. The maximum absolute atomic E-state index is 13.8. The van der Waals surface area contributed by atoms with Gasteiger partial charge in [0.15, 0.2) is 5.82 Å². The van der Waals surface area contributed by atoms with Crippen molar-refractivity contribution in [1.82, 2.24) is 14.9 Å². The van der Waals surface area contributed by atoms with Crippen LogP contribution in [0.15, 0.2) is 23.2 Å². The van der Waals surface area contributed by atoms with Crippen LogP contribution in [-0.4, -0.2) is 59.3 Å². The Hall–Kier alpha value is -3.24. The van der Waals surface area contributed by atoms with Gasteiger partial charge in [-0.3, -0.25) is 4.79 Å². The van der Waals surface area contributed by atoms with Gasteiger partial charge in [0.2, 0.25) is 11.9 Å². The van der Waals surface area contributed by atoms with E-state index >= 15 is 0 Å². The number of benzene rings is 1. The largest absolute Gasteiger partial charge is 0.416 e. The number of thioether (sulfide) groups is 1. The summed E-state index contributed by atoms with van der Waals surface area (Å²) >= 11 is 1.12. The van der Waals surface area contributed by atoms with E-state index in [9.17, 15) is 23.2 Å². The Balaban J connectivity index is 2.70. The lowest BCUT2D eigenvalue weighted by Gasteiger charge is -2.30. The number of nitrogens with two attached hydrogens (primary N) is 2. The predicted octanol–water partition coefficient (Wildman–Crippen LogP) is 3.44. The predicted molar refractivity (Wildman–Crippen MR) is 131 cm³/mol. The molecule has 1 amide bonds. The van der Waals surface area contributed by atoms with Gasteiger partial charge in [0, 0.05) is 24.5 Å². The zero-order valence-electron chi connectivity index (χ0n) is 20.0. The molecule has 1 aromatic carbocycles. The molecule has 190 valence electrons. The Kier molecular flexibility index (Phi) is 9.55. The Bertz CT molecular complexity index is 1090. The summed E-state index contributed by atoms with van der Waals surface area (Å²) in [6.07, 6.45) is -3.00. The van der Waals surface area contributed by atoms with Gasteiger partial charge in [-0.1, -0.05) is 13.8 Å². The number of nitrogen functional groups attached to an aromatic ring is 1. The van der Waals surface area contributed by atoms with Crippen molar-refractivity contribution in [1.29, 1.82) is 5.26 Å². The Morgan fingerprint density at radius 3 is 2.43 bits per heavy atom. The molecule has 13 heteroatoms. The first-order chi connectivity index (χ1) is 16.5. The fraction of sp³-hybridized carbons (Fsp3) is 0.455. The average Bonchev–Trinajstić information content (AvgIpc) is 2.80. The van der Waals surface area contributed by atoms with E-state index in [1.165, 1.54) is 17.9 Å². The fourth-order valence-electron chi connectivity index (χ4n) is 3.44. The Morgan fingerprint density at radius 2 is 1.91 bits per heavy atom. The number of carbonyl (C=O) groups is 1. The van der Waals surface area contributed by atoms with E-state index in [0.29, 0.717) is 13.1 Å².